The SMILES string of the molecule is CCc1nc(N)cc(Oc2ccc(C)cc2OC)n1. The highest BCUT2D eigenvalue weighted by molar-refractivity contribution is 5.45. The van der Waals surface area contributed by atoms with Crippen LogP contribution in [0.1, 0.15) is 18.3 Å². The Kier molecular flexibility index (Phi) is 3.85. The molecule has 0 aliphatic rings. The Morgan fingerprint density at radius 1 is 1.16 bits per heavy atom. The molecular formula is C14H17N3O2. The predicted molar refractivity (Wildman–Crippen MR) is 73.6 cm³/mol. The zero-order valence-electron chi connectivity index (χ0n) is 11.3. The molecule has 0 saturated heterocycles. The minimum Gasteiger partial charge on any atom is -0.493 e. The quantitative estimate of drug-likeness (QED) is 0.914. The van der Waals surface area contributed by atoms with Gasteiger partial charge in [0.05, 0.1) is 7.11 Å². The van der Waals surface area contributed by atoms with E-state index in [0.29, 0.717) is 35.4 Å². The molecular weight excluding hydrogens is 242 g/mol. The van der Waals surface area contributed by atoms with Crippen molar-refractivity contribution in [2.24, 2.45) is 0 Å². The molecule has 0 aliphatic heterocycles. The average molecular weight is 259 g/mol. The van der Waals surface area contributed by atoms with Crippen LogP contribution >= 0.6 is 0 Å². The van der Waals surface area contributed by atoms with Crippen molar-refractivity contribution in [1.82, 2.24) is 9.97 Å². The van der Waals surface area contributed by atoms with Crippen LogP contribution < -0.4 is 15.2 Å². The number of hydrogen-bond acceptors (Lipinski definition) is 5. The summed E-state index contributed by atoms with van der Waals surface area (Å²) in [4.78, 5) is 8.38. The van der Waals surface area contributed by atoms with Crippen LogP contribution in [0, 0.1) is 6.92 Å². The molecule has 5 nitrogen and oxygen atoms in total. The van der Waals surface area contributed by atoms with Gasteiger partial charge in [0.15, 0.2) is 11.5 Å². The van der Waals surface area contributed by atoms with Crippen molar-refractivity contribution in [2.45, 2.75) is 20.3 Å². The number of methoxy groups -OCH3 is 1. The average Bonchev–Trinajstić information content (AvgIpc) is 2.40. The monoisotopic (exact) mass is 259 g/mol. The molecule has 1 heterocycles. The fraction of sp³-hybridized carbons (Fsp3) is 0.286. The molecule has 0 spiro atoms. The van der Waals surface area contributed by atoms with Gasteiger partial charge in [-0.05, 0) is 24.6 Å². The van der Waals surface area contributed by atoms with Gasteiger partial charge in [-0.1, -0.05) is 13.0 Å². The standard InChI is InChI=1S/C14H17N3O2/c1-4-13-16-12(15)8-14(17-13)19-10-6-5-9(2)7-11(10)18-3/h5-8H,4H2,1-3H3,(H2,15,16,17). The van der Waals surface area contributed by atoms with E-state index in [4.69, 9.17) is 15.2 Å². The summed E-state index contributed by atoms with van der Waals surface area (Å²) in [6.45, 7) is 3.95. The number of rotatable bonds is 4. The molecule has 0 aliphatic carbocycles. The van der Waals surface area contributed by atoms with Gasteiger partial charge < -0.3 is 15.2 Å². The summed E-state index contributed by atoms with van der Waals surface area (Å²) < 4.78 is 11.0. The number of nitrogens with zero attached hydrogens (tertiary/aromatic N) is 2. The van der Waals surface area contributed by atoms with Crippen LogP contribution in [0.15, 0.2) is 24.3 Å². The molecule has 0 amide bonds. The van der Waals surface area contributed by atoms with E-state index in [1.165, 1.54) is 0 Å². The molecule has 0 radical (unpaired) electrons. The zero-order valence-corrected chi connectivity index (χ0v) is 11.3. The molecule has 0 unspecified atom stereocenters. The highest BCUT2D eigenvalue weighted by atomic mass is 16.5. The van der Waals surface area contributed by atoms with E-state index in [1.54, 1.807) is 13.2 Å². The summed E-state index contributed by atoms with van der Waals surface area (Å²) in [5, 5.41) is 0. The summed E-state index contributed by atoms with van der Waals surface area (Å²) in [6, 6.07) is 7.29. The van der Waals surface area contributed by atoms with E-state index < -0.39 is 0 Å². The lowest BCUT2D eigenvalue weighted by atomic mass is 10.2. The number of ether oxygens (including phenoxy) is 2. The summed E-state index contributed by atoms with van der Waals surface area (Å²) >= 11 is 0. The van der Waals surface area contributed by atoms with E-state index in [2.05, 4.69) is 9.97 Å². The van der Waals surface area contributed by atoms with Crippen LogP contribution in [0.3, 0.4) is 0 Å². The topological polar surface area (TPSA) is 70.3 Å². The molecule has 1 aromatic carbocycles. The maximum atomic E-state index is 5.72. The first-order chi connectivity index (χ1) is 9.12. The van der Waals surface area contributed by atoms with Crippen LogP contribution in [-0.4, -0.2) is 17.1 Å². The van der Waals surface area contributed by atoms with Crippen LogP contribution in [0.5, 0.6) is 17.4 Å². The first-order valence-electron chi connectivity index (χ1n) is 6.08. The molecule has 0 saturated carbocycles. The van der Waals surface area contributed by atoms with E-state index in [-0.39, 0.29) is 0 Å². The van der Waals surface area contributed by atoms with E-state index in [9.17, 15) is 0 Å². The smallest absolute Gasteiger partial charge is 0.224 e. The predicted octanol–water partition coefficient (Wildman–Crippen LogP) is 2.73. The number of benzene rings is 1. The van der Waals surface area contributed by atoms with Crippen LogP contribution in [-0.2, 0) is 6.42 Å². The van der Waals surface area contributed by atoms with Crippen molar-refractivity contribution >= 4 is 5.82 Å². The minimum atomic E-state index is 0.396. The third-order valence-electron chi connectivity index (χ3n) is 2.62. The Bertz CT molecular complexity index is 585. The highest BCUT2D eigenvalue weighted by Crippen LogP contribution is 2.31. The minimum absolute atomic E-state index is 0.396. The van der Waals surface area contributed by atoms with Crippen molar-refractivity contribution in [3.63, 3.8) is 0 Å². The largest absolute Gasteiger partial charge is 0.493 e. The molecule has 19 heavy (non-hydrogen) atoms. The number of nitrogen functional groups attached to an aromatic ring is 1. The van der Waals surface area contributed by atoms with Gasteiger partial charge in [-0.2, -0.15) is 4.98 Å². The van der Waals surface area contributed by atoms with Crippen molar-refractivity contribution in [1.29, 1.82) is 0 Å². The lowest BCUT2D eigenvalue weighted by molar-refractivity contribution is 0.373. The lowest BCUT2D eigenvalue weighted by Crippen LogP contribution is -2.01. The van der Waals surface area contributed by atoms with Gasteiger partial charge in [-0.3, -0.25) is 0 Å². The number of hydrogen-bond donors (Lipinski definition) is 1. The summed E-state index contributed by atoms with van der Waals surface area (Å²) in [7, 11) is 1.60. The molecule has 0 bridgehead atoms. The Morgan fingerprint density at radius 2 is 1.95 bits per heavy atom. The first kappa shape index (κ1) is 13.1. The van der Waals surface area contributed by atoms with Crippen LogP contribution in [0.2, 0.25) is 0 Å². The van der Waals surface area contributed by atoms with Gasteiger partial charge >= 0.3 is 0 Å². The number of aromatic nitrogens is 2. The first-order valence-corrected chi connectivity index (χ1v) is 6.08. The second-order valence-corrected chi connectivity index (χ2v) is 4.16. The summed E-state index contributed by atoms with van der Waals surface area (Å²) in [5.41, 5.74) is 6.82. The Balaban J connectivity index is 2.33. The molecule has 5 heteroatoms. The normalized spacial score (nSPS) is 10.3. The van der Waals surface area contributed by atoms with Crippen molar-refractivity contribution in [3.8, 4) is 17.4 Å². The third-order valence-corrected chi connectivity index (χ3v) is 2.62. The molecule has 100 valence electrons. The maximum absolute atomic E-state index is 5.72. The molecule has 2 rings (SSSR count). The second-order valence-electron chi connectivity index (χ2n) is 4.16. The summed E-state index contributed by atoms with van der Waals surface area (Å²) in [5.74, 6) is 2.74. The third kappa shape index (κ3) is 3.13. The van der Waals surface area contributed by atoms with Crippen molar-refractivity contribution in [2.75, 3.05) is 12.8 Å². The fourth-order valence-corrected chi connectivity index (χ4v) is 1.67. The zero-order chi connectivity index (χ0) is 13.8. The molecule has 2 N–H and O–H groups in total. The Morgan fingerprint density at radius 3 is 2.63 bits per heavy atom. The van der Waals surface area contributed by atoms with Gasteiger partial charge in [0.2, 0.25) is 5.88 Å². The van der Waals surface area contributed by atoms with E-state index in [1.807, 2.05) is 32.0 Å². The lowest BCUT2D eigenvalue weighted by Gasteiger charge is -2.11. The summed E-state index contributed by atoms with van der Waals surface area (Å²) in [6.07, 6.45) is 0.701. The number of aryl methyl sites for hydroxylation is 2. The van der Waals surface area contributed by atoms with Gasteiger partial charge in [0.25, 0.3) is 0 Å². The molecule has 0 atom stereocenters. The van der Waals surface area contributed by atoms with Crippen molar-refractivity contribution in [3.05, 3.63) is 35.7 Å². The second kappa shape index (κ2) is 5.56. The maximum Gasteiger partial charge on any atom is 0.224 e. The van der Waals surface area contributed by atoms with Gasteiger partial charge in [-0.25, -0.2) is 4.98 Å². The van der Waals surface area contributed by atoms with E-state index >= 15 is 0 Å². The van der Waals surface area contributed by atoms with Gasteiger partial charge in [-0.15, -0.1) is 0 Å². The highest BCUT2D eigenvalue weighted by Gasteiger charge is 2.08. The van der Waals surface area contributed by atoms with Crippen LogP contribution in [0.25, 0.3) is 0 Å². The fourth-order valence-electron chi connectivity index (χ4n) is 1.67. The van der Waals surface area contributed by atoms with Crippen molar-refractivity contribution < 1.29 is 9.47 Å². The Hall–Kier alpha value is -2.30. The number of nitrogens with two attached hydrogens (primary N) is 1. The molecule has 2 aromatic rings. The van der Waals surface area contributed by atoms with Gasteiger partial charge in [0.1, 0.15) is 11.6 Å². The molecule has 1 aromatic heterocycles. The Labute approximate surface area is 112 Å². The van der Waals surface area contributed by atoms with Gasteiger partial charge in [0, 0.05) is 12.5 Å². The van der Waals surface area contributed by atoms with Crippen LogP contribution in [0.4, 0.5) is 5.82 Å². The molecule has 0 fully saturated rings. The van der Waals surface area contributed by atoms with E-state index in [0.717, 1.165) is 5.56 Å². The number of anilines is 1.